The van der Waals surface area contributed by atoms with Crippen LogP contribution in [0.5, 0.6) is 11.5 Å². The van der Waals surface area contributed by atoms with Gasteiger partial charge in [-0.25, -0.2) is 0 Å². The van der Waals surface area contributed by atoms with Gasteiger partial charge in [-0.15, -0.1) is 0 Å². The molecule has 0 atom stereocenters. The topological polar surface area (TPSA) is 58.6 Å². The number of nitrogens with one attached hydrogen (secondary N) is 1. The third-order valence-corrected chi connectivity index (χ3v) is 3.30. The van der Waals surface area contributed by atoms with E-state index in [1.165, 1.54) is 0 Å². The number of aromatic hydroxyl groups is 1. The maximum Gasteiger partial charge on any atom is 0.256 e. The van der Waals surface area contributed by atoms with Gasteiger partial charge in [0, 0.05) is 16.8 Å². The second kappa shape index (κ2) is 5.32. The molecule has 0 bridgehead atoms. The first-order valence-electron chi connectivity index (χ1n) is 6.77. The van der Waals surface area contributed by atoms with Crippen molar-refractivity contribution >= 4 is 23.2 Å². The zero-order chi connectivity index (χ0) is 14.8. The number of rotatable bonds is 3. The molecule has 4 nitrogen and oxygen atoms in total. The number of carbonyl (C=O) groups is 1. The molecule has 1 amide bonds. The molecule has 1 aliphatic heterocycles. The van der Waals surface area contributed by atoms with Gasteiger partial charge in [-0.05, 0) is 36.8 Å². The number of fused-ring (bicyclic) bond motifs is 1. The Morgan fingerprint density at radius 2 is 2.05 bits per heavy atom. The Morgan fingerprint density at radius 3 is 2.86 bits per heavy atom. The van der Waals surface area contributed by atoms with E-state index in [-0.39, 0.29) is 11.7 Å². The summed E-state index contributed by atoms with van der Waals surface area (Å²) >= 11 is 0. The lowest BCUT2D eigenvalue weighted by Crippen LogP contribution is -2.03. The lowest BCUT2D eigenvalue weighted by Gasteiger charge is -2.06. The molecule has 2 aromatic carbocycles. The minimum absolute atomic E-state index is 0.0928. The quantitative estimate of drug-likeness (QED) is 0.849. The summed E-state index contributed by atoms with van der Waals surface area (Å²) in [6, 6.07) is 12.6. The van der Waals surface area contributed by atoms with E-state index in [9.17, 15) is 9.90 Å². The van der Waals surface area contributed by atoms with Gasteiger partial charge in [-0.1, -0.05) is 24.3 Å². The average molecular weight is 281 g/mol. The number of phenolic OH excluding ortho intramolecular Hbond substituents is 1. The zero-order valence-corrected chi connectivity index (χ0v) is 11.6. The van der Waals surface area contributed by atoms with E-state index in [0.717, 1.165) is 16.8 Å². The number of hydrogen-bond donors (Lipinski definition) is 2. The average Bonchev–Trinajstić information content (AvgIpc) is 2.79. The van der Waals surface area contributed by atoms with Crippen LogP contribution in [-0.4, -0.2) is 17.6 Å². The van der Waals surface area contributed by atoms with E-state index in [2.05, 4.69) is 5.32 Å². The molecule has 0 saturated heterocycles. The first-order valence-corrected chi connectivity index (χ1v) is 6.77. The molecule has 1 aliphatic rings. The van der Waals surface area contributed by atoms with E-state index in [4.69, 9.17) is 4.74 Å². The Hall–Kier alpha value is -2.75. The Morgan fingerprint density at radius 1 is 1.24 bits per heavy atom. The van der Waals surface area contributed by atoms with E-state index in [1.54, 1.807) is 24.3 Å². The molecule has 0 aliphatic carbocycles. The minimum atomic E-state index is -0.123. The molecule has 0 fully saturated rings. The highest BCUT2D eigenvalue weighted by Crippen LogP contribution is 2.34. The van der Waals surface area contributed by atoms with E-state index in [0.29, 0.717) is 17.9 Å². The van der Waals surface area contributed by atoms with Gasteiger partial charge in [0.15, 0.2) is 11.5 Å². The van der Waals surface area contributed by atoms with Crippen LogP contribution in [0.2, 0.25) is 0 Å². The maximum atomic E-state index is 12.1. The van der Waals surface area contributed by atoms with Crippen LogP contribution in [0.3, 0.4) is 0 Å². The third-order valence-electron chi connectivity index (χ3n) is 3.30. The number of carbonyl (C=O) groups excluding carboxylic acids is 1. The zero-order valence-electron chi connectivity index (χ0n) is 11.6. The van der Waals surface area contributed by atoms with Crippen LogP contribution in [0, 0.1) is 0 Å². The fourth-order valence-corrected chi connectivity index (χ4v) is 2.34. The summed E-state index contributed by atoms with van der Waals surface area (Å²) in [4.78, 5) is 12.1. The summed E-state index contributed by atoms with van der Waals surface area (Å²) in [5, 5.41) is 12.5. The first-order chi connectivity index (χ1) is 10.2. The molecule has 2 aromatic rings. The second-order valence-electron chi connectivity index (χ2n) is 4.72. The predicted octanol–water partition coefficient (Wildman–Crippen LogP) is 3.28. The van der Waals surface area contributed by atoms with Gasteiger partial charge < -0.3 is 15.2 Å². The Kier molecular flexibility index (Phi) is 3.36. The SMILES string of the molecule is CCOc1cc(C=C2C(=O)Nc3ccccc32)ccc1O. The van der Waals surface area contributed by atoms with Crippen LogP contribution in [0.4, 0.5) is 5.69 Å². The molecule has 0 radical (unpaired) electrons. The lowest BCUT2D eigenvalue weighted by molar-refractivity contribution is -0.110. The van der Waals surface area contributed by atoms with Gasteiger partial charge in [0.05, 0.1) is 6.61 Å². The van der Waals surface area contributed by atoms with Gasteiger partial charge in [-0.2, -0.15) is 0 Å². The van der Waals surface area contributed by atoms with Crippen LogP contribution in [0.25, 0.3) is 11.6 Å². The molecule has 21 heavy (non-hydrogen) atoms. The smallest absolute Gasteiger partial charge is 0.256 e. The van der Waals surface area contributed by atoms with Gasteiger partial charge >= 0.3 is 0 Å². The van der Waals surface area contributed by atoms with E-state index < -0.39 is 0 Å². The van der Waals surface area contributed by atoms with Crippen molar-refractivity contribution in [3.8, 4) is 11.5 Å². The van der Waals surface area contributed by atoms with Crippen molar-refractivity contribution in [2.75, 3.05) is 11.9 Å². The predicted molar refractivity (Wildman–Crippen MR) is 82.2 cm³/mol. The summed E-state index contributed by atoms with van der Waals surface area (Å²) in [5.41, 5.74) is 3.11. The number of para-hydroxylation sites is 1. The lowest BCUT2D eigenvalue weighted by atomic mass is 10.0. The summed E-state index contributed by atoms with van der Waals surface area (Å²) in [6.07, 6.45) is 1.79. The summed E-state index contributed by atoms with van der Waals surface area (Å²) in [7, 11) is 0. The monoisotopic (exact) mass is 281 g/mol. The highest BCUT2D eigenvalue weighted by atomic mass is 16.5. The minimum Gasteiger partial charge on any atom is -0.504 e. The van der Waals surface area contributed by atoms with Crippen molar-refractivity contribution in [1.29, 1.82) is 0 Å². The van der Waals surface area contributed by atoms with Crippen molar-refractivity contribution in [2.24, 2.45) is 0 Å². The van der Waals surface area contributed by atoms with Crippen LogP contribution >= 0.6 is 0 Å². The number of ether oxygens (including phenoxy) is 1. The summed E-state index contributed by atoms with van der Waals surface area (Å²) in [5.74, 6) is 0.385. The molecule has 0 unspecified atom stereocenters. The van der Waals surface area contributed by atoms with Crippen molar-refractivity contribution in [3.63, 3.8) is 0 Å². The highest BCUT2D eigenvalue weighted by Gasteiger charge is 2.23. The molecular formula is C17H15NO3. The first kappa shape index (κ1) is 13.2. The number of phenols is 1. The molecule has 0 saturated carbocycles. The number of benzene rings is 2. The third kappa shape index (κ3) is 2.48. The Balaban J connectivity index is 2.02. The van der Waals surface area contributed by atoms with E-state index >= 15 is 0 Å². The standard InChI is InChI=1S/C17H15NO3/c1-2-21-16-10-11(7-8-15(16)19)9-13-12-5-3-4-6-14(12)18-17(13)20/h3-10,19H,2H2,1H3,(H,18,20). The molecule has 3 rings (SSSR count). The fourth-order valence-electron chi connectivity index (χ4n) is 2.34. The van der Waals surface area contributed by atoms with Crippen LogP contribution in [0.15, 0.2) is 42.5 Å². The molecule has 0 aromatic heterocycles. The Labute approximate surface area is 122 Å². The fraction of sp³-hybridized carbons (Fsp3) is 0.118. The molecule has 0 spiro atoms. The van der Waals surface area contributed by atoms with Gasteiger partial charge in [0.25, 0.3) is 5.91 Å². The molecule has 1 heterocycles. The number of amides is 1. The Bertz CT molecular complexity index is 735. The number of hydrogen-bond acceptors (Lipinski definition) is 3. The van der Waals surface area contributed by atoms with E-state index in [1.807, 2.05) is 31.2 Å². The normalized spacial score (nSPS) is 14.9. The van der Waals surface area contributed by atoms with Crippen LogP contribution in [0.1, 0.15) is 18.1 Å². The van der Waals surface area contributed by atoms with Crippen LogP contribution < -0.4 is 10.1 Å². The molecule has 4 heteroatoms. The largest absolute Gasteiger partial charge is 0.504 e. The van der Waals surface area contributed by atoms with Crippen molar-refractivity contribution in [2.45, 2.75) is 6.92 Å². The van der Waals surface area contributed by atoms with Crippen molar-refractivity contribution in [3.05, 3.63) is 53.6 Å². The van der Waals surface area contributed by atoms with Gasteiger partial charge in [-0.3, -0.25) is 4.79 Å². The summed E-state index contributed by atoms with van der Waals surface area (Å²) in [6.45, 7) is 2.32. The van der Waals surface area contributed by atoms with Gasteiger partial charge in [0.2, 0.25) is 0 Å². The van der Waals surface area contributed by atoms with Crippen LogP contribution in [-0.2, 0) is 4.79 Å². The molecule has 2 N–H and O–H groups in total. The van der Waals surface area contributed by atoms with Crippen molar-refractivity contribution in [1.82, 2.24) is 0 Å². The summed E-state index contributed by atoms with van der Waals surface area (Å²) < 4.78 is 5.36. The van der Waals surface area contributed by atoms with Gasteiger partial charge in [0.1, 0.15) is 0 Å². The molecular weight excluding hydrogens is 266 g/mol. The highest BCUT2D eigenvalue weighted by molar-refractivity contribution is 6.34. The maximum absolute atomic E-state index is 12.1. The molecule has 106 valence electrons. The second-order valence-corrected chi connectivity index (χ2v) is 4.72. The van der Waals surface area contributed by atoms with Crippen molar-refractivity contribution < 1.29 is 14.6 Å². The number of anilines is 1.